The normalized spacial score (nSPS) is 12.0. The quantitative estimate of drug-likeness (QED) is 0.0332. The van der Waals surface area contributed by atoms with Gasteiger partial charge in [-0.1, -0.05) is 0 Å². The van der Waals surface area contributed by atoms with E-state index in [0.717, 1.165) is 0 Å². The van der Waals surface area contributed by atoms with Gasteiger partial charge < -0.3 is 116 Å². The number of Topliss-reactive ketones (excluding diaryl/α,β-unsaturated/α-hetero) is 2. The van der Waals surface area contributed by atoms with Crippen LogP contribution >= 0.6 is 0 Å². The van der Waals surface area contributed by atoms with E-state index in [2.05, 4.69) is 31.1 Å². The highest BCUT2D eigenvalue weighted by atomic mass is 16.6. The SMILES string of the molecule is C=O.CC(=O)C(N=Nc1ccc(OCCCOCCOCCOCCOCCOCCOCCOCCOCCO)cc1)C(=O)Nc1cc(C)c(NC(=O)C(N=Nc2ccc(OCCOCCOCCOCCOCCOCCOCCOCCOCCOCCO)cc2)C(C)=O)cc1C. The van der Waals surface area contributed by atoms with E-state index in [1.807, 2.05) is 6.79 Å². The molecule has 0 aliphatic heterocycles. The highest BCUT2D eigenvalue weighted by Gasteiger charge is 2.26. The van der Waals surface area contributed by atoms with Crippen LogP contribution in [0, 0.1) is 13.8 Å². The van der Waals surface area contributed by atoms with Crippen molar-refractivity contribution in [3.8, 4) is 11.5 Å². The molecule has 0 heterocycles. The van der Waals surface area contributed by atoms with Gasteiger partial charge in [-0.25, -0.2) is 0 Å². The van der Waals surface area contributed by atoms with Crippen molar-refractivity contribution in [3.63, 3.8) is 0 Å². The van der Waals surface area contributed by atoms with Crippen molar-refractivity contribution < 1.29 is 124 Å². The molecule has 2 unspecified atom stereocenters. The summed E-state index contributed by atoms with van der Waals surface area (Å²) in [5.41, 5.74) is 2.66. The molecule has 0 fully saturated rings. The first kappa shape index (κ1) is 89.7. The number of benzene rings is 3. The van der Waals surface area contributed by atoms with Crippen LogP contribution in [0.15, 0.2) is 81.1 Å². The minimum Gasteiger partial charge on any atom is -0.494 e. The lowest BCUT2D eigenvalue weighted by Crippen LogP contribution is -2.32. The Kier molecular flexibility index (Phi) is 58.1. The summed E-state index contributed by atoms with van der Waals surface area (Å²) in [5, 5.41) is 39.2. The fourth-order valence-corrected chi connectivity index (χ4v) is 7.79. The number of anilines is 2. The zero-order chi connectivity index (χ0) is 72.4. The van der Waals surface area contributed by atoms with E-state index in [1.54, 1.807) is 74.5 Å². The number of hydrogen-bond donors (Lipinski definition) is 4. The second-order valence-corrected chi connectivity index (χ2v) is 20.8. The van der Waals surface area contributed by atoms with Gasteiger partial charge in [-0.3, -0.25) is 19.2 Å². The summed E-state index contributed by atoms with van der Waals surface area (Å²) < 4.78 is 104. The minimum absolute atomic E-state index is 0.00237. The van der Waals surface area contributed by atoms with Gasteiger partial charge in [0.25, 0.3) is 11.8 Å². The molecule has 2 atom stereocenters. The molecule has 2 amide bonds. The van der Waals surface area contributed by atoms with Crippen molar-refractivity contribution in [1.29, 1.82) is 0 Å². The van der Waals surface area contributed by atoms with Crippen LogP contribution in [0.2, 0.25) is 0 Å². The number of rotatable bonds is 68. The van der Waals surface area contributed by atoms with E-state index in [-0.39, 0.29) is 19.8 Å². The Morgan fingerprint density at radius 2 is 0.560 bits per heavy atom. The molecule has 3 aromatic rings. The summed E-state index contributed by atoms with van der Waals surface area (Å²) in [6.45, 7) is 23.5. The van der Waals surface area contributed by atoms with Crippen molar-refractivity contribution in [3.05, 3.63) is 71.8 Å². The molecule has 566 valence electrons. The van der Waals surface area contributed by atoms with Crippen LogP contribution in [-0.2, 0) is 104 Å². The van der Waals surface area contributed by atoms with Crippen molar-refractivity contribution in [1.82, 2.24) is 0 Å². The maximum atomic E-state index is 13.4. The Labute approximate surface area is 586 Å². The summed E-state index contributed by atoms with van der Waals surface area (Å²) >= 11 is 0. The predicted molar refractivity (Wildman–Crippen MR) is 365 cm³/mol. The summed E-state index contributed by atoms with van der Waals surface area (Å²) in [7, 11) is 0. The van der Waals surface area contributed by atoms with Crippen molar-refractivity contribution in [2.45, 2.75) is 46.2 Å². The number of carbonyl (C=O) groups excluding carboxylic acids is 5. The van der Waals surface area contributed by atoms with Gasteiger partial charge in [-0.15, -0.1) is 0 Å². The number of aliphatic hydroxyl groups is 2. The lowest BCUT2D eigenvalue weighted by molar-refractivity contribution is -0.127. The number of ketones is 2. The van der Waals surface area contributed by atoms with Crippen LogP contribution in [0.3, 0.4) is 0 Å². The maximum absolute atomic E-state index is 13.4. The maximum Gasteiger partial charge on any atom is 0.258 e. The average Bonchev–Trinajstić information content (AvgIpc) is 0.835. The third kappa shape index (κ3) is 49.3. The largest absolute Gasteiger partial charge is 0.494 e. The van der Waals surface area contributed by atoms with Gasteiger partial charge in [0.1, 0.15) is 24.9 Å². The van der Waals surface area contributed by atoms with Gasteiger partial charge in [0.2, 0.25) is 12.1 Å². The number of amides is 2. The van der Waals surface area contributed by atoms with Gasteiger partial charge in [0.15, 0.2) is 11.6 Å². The number of nitrogens with one attached hydrogen (secondary N) is 2. The number of azo groups is 2. The smallest absolute Gasteiger partial charge is 0.258 e. The zero-order valence-electron chi connectivity index (χ0n) is 58.7. The van der Waals surface area contributed by atoms with Gasteiger partial charge in [0, 0.05) is 24.4 Å². The summed E-state index contributed by atoms with van der Waals surface area (Å²) in [6, 6.07) is 13.7. The molecule has 3 rings (SSSR count). The molecule has 0 saturated carbocycles. The van der Waals surface area contributed by atoms with Crippen LogP contribution in [0.25, 0.3) is 0 Å². The molecular formula is C68H108N6O26. The van der Waals surface area contributed by atoms with Crippen molar-refractivity contribution in [2.24, 2.45) is 20.5 Å². The number of aryl methyl sites for hydroxylation is 2. The molecule has 0 aliphatic rings. The van der Waals surface area contributed by atoms with Gasteiger partial charge in [-0.2, -0.15) is 20.5 Å². The highest BCUT2D eigenvalue weighted by molar-refractivity contribution is 6.11. The van der Waals surface area contributed by atoms with Crippen LogP contribution in [0.1, 0.15) is 31.4 Å². The molecule has 0 radical (unpaired) electrons. The van der Waals surface area contributed by atoms with E-state index in [0.29, 0.717) is 283 Å². The average molecular weight is 1430 g/mol. The Balaban J connectivity index is 0.0000168. The van der Waals surface area contributed by atoms with Crippen LogP contribution < -0.4 is 20.1 Å². The third-order valence-electron chi connectivity index (χ3n) is 12.9. The first-order valence-electron chi connectivity index (χ1n) is 33.4. The van der Waals surface area contributed by atoms with Gasteiger partial charge in [0.05, 0.1) is 249 Å². The predicted octanol–water partition coefficient (Wildman–Crippen LogP) is 4.89. The first-order chi connectivity index (χ1) is 49.0. The summed E-state index contributed by atoms with van der Waals surface area (Å²) in [5.74, 6) is -1.31. The first-order valence-corrected chi connectivity index (χ1v) is 33.4. The molecule has 0 aliphatic carbocycles. The molecular weight excluding hydrogens is 1320 g/mol. The topological polar surface area (TPSA) is 375 Å². The lowest BCUT2D eigenvalue weighted by atomic mass is 10.1. The van der Waals surface area contributed by atoms with E-state index in [1.165, 1.54) is 13.8 Å². The van der Waals surface area contributed by atoms with E-state index in [9.17, 15) is 19.2 Å². The Morgan fingerprint density at radius 3 is 0.800 bits per heavy atom. The number of ether oxygens (including phenoxy) is 19. The van der Waals surface area contributed by atoms with E-state index >= 15 is 0 Å². The van der Waals surface area contributed by atoms with Crippen molar-refractivity contribution in [2.75, 3.05) is 262 Å². The molecule has 0 bridgehead atoms. The molecule has 3 aromatic carbocycles. The fourth-order valence-electron chi connectivity index (χ4n) is 7.79. The second kappa shape index (κ2) is 64.7. The molecule has 0 saturated heterocycles. The molecule has 0 aromatic heterocycles. The molecule has 4 N–H and O–H groups in total. The fraction of sp³-hybridized carbons (Fsp3) is 0.662. The zero-order valence-corrected chi connectivity index (χ0v) is 58.7. The lowest BCUT2D eigenvalue weighted by Gasteiger charge is -2.16. The standard InChI is InChI=1S/C67H106N6O25.CH2O/c1-54-53-63(69-67(79)65(57(4)77)73-71-59-8-12-61(13-9-59)98-51-50-96-49-48-95-47-46-94-45-44-93-43-42-92-41-40-91-37-34-88-31-28-85-25-22-82-19-15-75)55(2)52-62(54)68-66(78)64(56(3)76)72-70-58-6-10-60(11-7-58)97-17-5-16-80-20-23-83-26-29-86-32-35-89-38-39-90-36-33-87-30-27-84-24-21-81-18-14-74;1-2/h6-13,52-53,64-65,74-75H,5,14-51H2,1-4H3,(H,68,78)(H,69,79);1H2. The molecule has 32 heteroatoms. The van der Waals surface area contributed by atoms with Gasteiger partial charge in [-0.05, 0) is 99.5 Å². The van der Waals surface area contributed by atoms with Crippen LogP contribution in [-0.4, -0.2) is 304 Å². The van der Waals surface area contributed by atoms with Crippen LogP contribution in [0.4, 0.5) is 22.7 Å². The number of hydrogen-bond acceptors (Lipinski definition) is 30. The molecule has 100 heavy (non-hydrogen) atoms. The van der Waals surface area contributed by atoms with E-state index < -0.39 is 35.5 Å². The minimum atomic E-state index is -1.45. The van der Waals surface area contributed by atoms with Crippen LogP contribution in [0.5, 0.6) is 11.5 Å². The monoisotopic (exact) mass is 1420 g/mol. The second-order valence-electron chi connectivity index (χ2n) is 20.8. The number of carbonyl (C=O) groups is 5. The Bertz CT molecular complexity index is 2560. The number of nitrogens with zero attached hydrogens (tertiary/aromatic N) is 4. The van der Waals surface area contributed by atoms with Crippen molar-refractivity contribution >= 4 is 52.9 Å². The number of aliphatic hydroxyl groups excluding tert-OH is 2. The molecule has 32 nitrogen and oxygen atoms in total. The Morgan fingerprint density at radius 1 is 0.340 bits per heavy atom. The van der Waals surface area contributed by atoms with Gasteiger partial charge >= 0.3 is 0 Å². The third-order valence-corrected chi connectivity index (χ3v) is 12.9. The summed E-state index contributed by atoms with van der Waals surface area (Å²) in [6.07, 6.45) is 0.648. The summed E-state index contributed by atoms with van der Waals surface area (Å²) in [4.78, 5) is 60.1. The molecule has 0 spiro atoms. The van der Waals surface area contributed by atoms with E-state index in [4.69, 9.17) is 105 Å². The Hall–Kier alpha value is -6.35. The highest BCUT2D eigenvalue weighted by Crippen LogP contribution is 2.27.